The minimum absolute atomic E-state index is 0.0480. The van der Waals surface area contributed by atoms with Crippen LogP contribution in [-0.2, 0) is 24.5 Å². The van der Waals surface area contributed by atoms with Crippen molar-refractivity contribution < 1.29 is 17.5 Å². The van der Waals surface area contributed by atoms with Gasteiger partial charge in [-0.1, -0.05) is 0 Å². The number of amides is 1. The normalized spacial score (nSPS) is 14.4. The Kier molecular flexibility index (Phi) is 6.05. The summed E-state index contributed by atoms with van der Waals surface area (Å²) >= 11 is -4.60. The molecule has 32 heavy (non-hydrogen) atoms. The van der Waals surface area contributed by atoms with Crippen molar-refractivity contribution in [3.05, 3.63) is 89.0 Å². The van der Waals surface area contributed by atoms with Crippen molar-refractivity contribution in [2.75, 3.05) is 0 Å². The van der Waals surface area contributed by atoms with Crippen LogP contribution in [-0.4, -0.2) is 12.6 Å². The van der Waals surface area contributed by atoms with Crippen LogP contribution in [0.3, 0.4) is 0 Å². The van der Waals surface area contributed by atoms with Crippen LogP contribution in [0, 0.1) is 0 Å². The number of rotatable bonds is 4. The van der Waals surface area contributed by atoms with Crippen LogP contribution in [0.4, 0.5) is 0 Å². The molecular formula is C26H30Cl2NOSiTi. The van der Waals surface area contributed by atoms with Crippen LogP contribution in [0.15, 0.2) is 66.7 Å². The standard InChI is InChI=1S/C13H9.C11H15NO.C2H7Si.2ClH.Ti/c1-3-7-12-10(5-1)9-11-6-2-4-8-13(11)12;1-11(2,3)9-6-4-5-8(7-9)10(12)13;1-3-2;;;/h1-5,7-8H,9H2;4-7H,1-3H3,(H2,12,13);3H,1-2H3;2*1H;/q;;;;;+3/p-3. The number of benzene rings is 3. The van der Waals surface area contributed by atoms with E-state index in [-0.39, 0.29) is 11.3 Å². The molecule has 1 N–H and O–H groups in total. The fourth-order valence-corrected chi connectivity index (χ4v) is 16.4. The van der Waals surface area contributed by atoms with Crippen LogP contribution in [0.5, 0.6) is 0 Å². The van der Waals surface area contributed by atoms with E-state index in [1.165, 1.54) is 22.3 Å². The van der Waals surface area contributed by atoms with E-state index in [1.807, 2.05) is 24.3 Å². The monoisotopic (exact) mass is 518 g/mol. The maximum absolute atomic E-state index is 13.5. The van der Waals surface area contributed by atoms with E-state index in [0.29, 0.717) is 5.56 Å². The molecule has 0 aliphatic heterocycles. The molecule has 0 saturated heterocycles. The predicted octanol–water partition coefficient (Wildman–Crippen LogP) is 6.51. The molecule has 1 aliphatic carbocycles. The van der Waals surface area contributed by atoms with Crippen molar-refractivity contribution in [1.82, 2.24) is 3.80 Å². The van der Waals surface area contributed by atoms with Crippen LogP contribution >= 0.6 is 18.6 Å². The van der Waals surface area contributed by atoms with E-state index in [1.54, 1.807) is 0 Å². The van der Waals surface area contributed by atoms with Gasteiger partial charge in [-0.3, -0.25) is 0 Å². The molecule has 0 radical (unpaired) electrons. The van der Waals surface area contributed by atoms with Crippen molar-refractivity contribution in [1.29, 1.82) is 0 Å². The number of hydrogen-bond acceptors (Lipinski definition) is 1. The first kappa shape index (κ1) is 23.8. The maximum atomic E-state index is 13.5. The second-order valence-electron chi connectivity index (χ2n) is 10.2. The molecule has 0 bridgehead atoms. The van der Waals surface area contributed by atoms with E-state index in [9.17, 15) is 4.79 Å². The van der Waals surface area contributed by atoms with Crippen molar-refractivity contribution in [3.63, 3.8) is 0 Å². The van der Waals surface area contributed by atoms with E-state index >= 15 is 0 Å². The third kappa shape index (κ3) is 4.04. The molecule has 4 rings (SSSR count). The van der Waals surface area contributed by atoms with Crippen LogP contribution < -0.4 is 7.67 Å². The summed E-state index contributed by atoms with van der Waals surface area (Å²) in [6.07, 6.45) is 0.802. The van der Waals surface area contributed by atoms with Crippen molar-refractivity contribution in [3.8, 4) is 11.1 Å². The second-order valence-corrected chi connectivity index (χ2v) is 37.6. The summed E-state index contributed by atoms with van der Waals surface area (Å²) in [4.78, 5) is 13.5. The molecule has 0 heterocycles. The third-order valence-electron chi connectivity index (χ3n) is 6.69. The van der Waals surface area contributed by atoms with Crippen molar-refractivity contribution in [2.24, 2.45) is 0 Å². The first-order valence-electron chi connectivity index (χ1n) is 11.1. The van der Waals surface area contributed by atoms with Gasteiger partial charge in [0.2, 0.25) is 0 Å². The Labute approximate surface area is 201 Å². The topological polar surface area (TPSA) is 29.1 Å². The molecule has 0 spiro atoms. The Morgan fingerprint density at radius 3 is 2.28 bits per heavy atom. The molecule has 0 unspecified atom stereocenters. The predicted molar refractivity (Wildman–Crippen MR) is 138 cm³/mol. The van der Waals surface area contributed by atoms with Gasteiger partial charge < -0.3 is 0 Å². The Bertz CT molecular complexity index is 1220. The summed E-state index contributed by atoms with van der Waals surface area (Å²) in [6.45, 7) is 9.03. The fraction of sp³-hybridized carbons (Fsp3) is 0.269. The fourth-order valence-electron chi connectivity index (χ4n) is 4.52. The summed E-state index contributed by atoms with van der Waals surface area (Å²) in [5.41, 5.74) is 6.56. The number of halogens is 2. The molecule has 3 aromatic carbocycles. The Balaban J connectivity index is 1.79. The first-order chi connectivity index (χ1) is 14.9. The van der Waals surface area contributed by atoms with Gasteiger partial charge >= 0.3 is 202 Å². The van der Waals surface area contributed by atoms with Crippen LogP contribution in [0.1, 0.15) is 47.8 Å². The van der Waals surface area contributed by atoms with E-state index < -0.39 is 19.4 Å². The van der Waals surface area contributed by atoms with Gasteiger partial charge in [-0.2, -0.15) is 0 Å². The van der Waals surface area contributed by atoms with Gasteiger partial charge in [-0.05, 0) is 0 Å². The zero-order valence-corrected chi connectivity index (χ0v) is 23.5. The van der Waals surface area contributed by atoms with Crippen molar-refractivity contribution >= 4 is 35.0 Å². The molecule has 0 saturated carbocycles. The molecule has 2 nitrogen and oxygen atoms in total. The van der Waals surface area contributed by atoms with E-state index in [2.05, 4.69) is 80.1 Å². The Hall–Kier alpha value is -1.36. The van der Waals surface area contributed by atoms with Gasteiger partial charge in [0.05, 0.1) is 0 Å². The molecule has 6 heteroatoms. The molecule has 3 aromatic rings. The average molecular weight is 519 g/mol. The summed E-state index contributed by atoms with van der Waals surface area (Å²) in [6, 6.07) is 22.5. The molecule has 167 valence electrons. The molecule has 1 aliphatic rings. The number of nitrogens with one attached hydrogen (secondary N) is 1. The number of fused-ring (bicyclic) bond motifs is 3. The van der Waals surface area contributed by atoms with Crippen LogP contribution in [0.25, 0.3) is 11.1 Å². The zero-order valence-electron chi connectivity index (χ0n) is 19.3. The molecule has 0 aromatic heterocycles. The SMILES string of the molecule is C[SiH](C)[Ti]([Cl])([Cl])([NH]C(=O)c1cccc(C(C)(C)C)c1)[c]1cccc2c1Cc1ccccc1-2. The van der Waals surface area contributed by atoms with Crippen LogP contribution in [0.2, 0.25) is 13.1 Å². The number of hydrogen-bond donors (Lipinski definition) is 1. The second kappa shape index (κ2) is 8.14. The summed E-state index contributed by atoms with van der Waals surface area (Å²) in [7, 11) is 15.1. The van der Waals surface area contributed by atoms with Gasteiger partial charge in [-0.15, -0.1) is 0 Å². The minimum atomic E-state index is -4.60. The summed E-state index contributed by atoms with van der Waals surface area (Å²) in [5.74, 6) is -0.174. The number of carbonyl (C=O) groups excluding carboxylic acids is 1. The summed E-state index contributed by atoms with van der Waals surface area (Å²) in [5, 5.41) is 0. The number of carbonyl (C=O) groups is 1. The average Bonchev–Trinajstić information content (AvgIpc) is 3.11. The zero-order chi connectivity index (χ0) is 23.3. The van der Waals surface area contributed by atoms with Gasteiger partial charge in [0, 0.05) is 0 Å². The van der Waals surface area contributed by atoms with Crippen molar-refractivity contribution in [2.45, 2.75) is 45.7 Å². The quantitative estimate of drug-likeness (QED) is 0.306. The Morgan fingerprint density at radius 2 is 1.59 bits per heavy atom. The molecular weight excluding hydrogens is 489 g/mol. The third-order valence-corrected chi connectivity index (χ3v) is 36.7. The van der Waals surface area contributed by atoms with Gasteiger partial charge in [0.15, 0.2) is 0 Å². The van der Waals surface area contributed by atoms with Gasteiger partial charge in [0.25, 0.3) is 0 Å². The molecule has 0 atom stereocenters. The summed E-state index contributed by atoms with van der Waals surface area (Å²) < 4.78 is 4.27. The first-order valence-corrected chi connectivity index (χ1v) is 22.6. The van der Waals surface area contributed by atoms with Gasteiger partial charge in [-0.25, -0.2) is 0 Å². The van der Waals surface area contributed by atoms with E-state index in [0.717, 1.165) is 15.9 Å². The van der Waals surface area contributed by atoms with E-state index in [4.69, 9.17) is 18.6 Å². The van der Waals surface area contributed by atoms with Gasteiger partial charge in [0.1, 0.15) is 0 Å². The Morgan fingerprint density at radius 1 is 0.938 bits per heavy atom. The molecule has 1 amide bonds. The molecule has 0 fully saturated rings.